The van der Waals surface area contributed by atoms with E-state index in [9.17, 15) is 0 Å². The van der Waals surface area contributed by atoms with Crippen molar-refractivity contribution in [3.05, 3.63) is 115 Å². The quantitative estimate of drug-likeness (QED) is 0.181. The molecule has 0 N–H and O–H groups in total. The molecule has 0 unspecified atom stereocenters. The van der Waals surface area contributed by atoms with E-state index in [1.807, 2.05) is 48.5 Å². The third-order valence-electron chi connectivity index (χ3n) is 5.39. The number of hydrogen-bond donors (Lipinski definition) is 0. The molecule has 0 aliphatic heterocycles. The van der Waals surface area contributed by atoms with Gasteiger partial charge in [-0.05, 0) is 30.3 Å². The van der Waals surface area contributed by atoms with Gasteiger partial charge >= 0.3 is 33.3 Å². The second-order valence-electron chi connectivity index (χ2n) is 7.45. The second-order valence-corrected chi connectivity index (χ2v) is 9.28. The zero-order chi connectivity index (χ0) is 23.8. The van der Waals surface area contributed by atoms with Crippen LogP contribution in [0.2, 0.25) is 0 Å². The van der Waals surface area contributed by atoms with Crippen molar-refractivity contribution in [2.45, 2.75) is 0 Å². The van der Waals surface area contributed by atoms with Gasteiger partial charge in [0.05, 0.1) is 11.4 Å². The first-order chi connectivity index (χ1) is 16.7. The van der Waals surface area contributed by atoms with E-state index in [-0.39, 0.29) is 13.1 Å². The molecule has 0 spiro atoms. The first kappa shape index (κ1) is 24.1. The van der Waals surface area contributed by atoms with Crippen LogP contribution >= 0.6 is 20.2 Å². The molecule has 0 atom stereocenters. The van der Waals surface area contributed by atoms with Crippen molar-refractivity contribution in [1.82, 2.24) is 9.97 Å². The Balaban J connectivity index is 0.000000868. The molecule has 0 bridgehead atoms. The van der Waals surface area contributed by atoms with Gasteiger partial charge in [0.1, 0.15) is 18.4 Å². The van der Waals surface area contributed by atoms with E-state index in [0.29, 0.717) is 0 Å². The van der Waals surface area contributed by atoms with E-state index in [1.54, 1.807) is 0 Å². The van der Waals surface area contributed by atoms with Gasteiger partial charge in [0.15, 0.2) is 0 Å². The van der Waals surface area contributed by atoms with Gasteiger partial charge in [-0.15, -0.1) is 0 Å². The standard InChI is InChI=1S/C28H22N3.2ClH.Fe/c1-31-27(25-17-8-15-23(29-25)21-11-4-2-5-12-21)19-10-20-28(31)26-18-9-16-24(30-26)22-13-6-3-7-14-22;;;/h2-20H,1H3;2*1H;/q+1;;;+2/p-2. The maximum atomic E-state index is 4.93. The molecule has 0 saturated carbocycles. The number of nitrogens with zero attached hydrogens (tertiary/aromatic N) is 3. The minimum absolute atomic E-state index is 0.194. The predicted molar refractivity (Wildman–Crippen MR) is 137 cm³/mol. The molecule has 2 aromatic carbocycles. The Morgan fingerprint density at radius 2 is 0.853 bits per heavy atom. The summed E-state index contributed by atoms with van der Waals surface area (Å²) in [6.45, 7) is 0. The molecule has 3 nitrogen and oxygen atoms in total. The topological polar surface area (TPSA) is 29.7 Å². The molecular weight excluding hydrogens is 505 g/mol. The van der Waals surface area contributed by atoms with Crippen LogP contribution in [0.1, 0.15) is 0 Å². The molecule has 170 valence electrons. The third kappa shape index (κ3) is 5.72. The zero-order valence-corrected chi connectivity index (χ0v) is 21.0. The van der Waals surface area contributed by atoms with Crippen molar-refractivity contribution < 1.29 is 17.7 Å². The van der Waals surface area contributed by atoms with E-state index >= 15 is 0 Å². The van der Waals surface area contributed by atoms with Gasteiger partial charge in [-0.2, -0.15) is 4.57 Å². The summed E-state index contributed by atoms with van der Waals surface area (Å²) in [6, 6.07) is 39.1. The van der Waals surface area contributed by atoms with Crippen LogP contribution < -0.4 is 4.57 Å². The number of hydrogen-bond acceptors (Lipinski definition) is 2. The summed E-state index contributed by atoms with van der Waals surface area (Å²) in [4.78, 5) is 9.87. The number of halogens is 2. The molecule has 6 heteroatoms. The fourth-order valence-corrected chi connectivity index (χ4v) is 3.79. The van der Waals surface area contributed by atoms with Crippen LogP contribution in [-0.2, 0) is 20.2 Å². The van der Waals surface area contributed by atoms with Gasteiger partial charge < -0.3 is 0 Å². The van der Waals surface area contributed by atoms with Crippen molar-refractivity contribution in [3.8, 4) is 45.3 Å². The summed E-state index contributed by atoms with van der Waals surface area (Å²) >= 11 is 0.194. The van der Waals surface area contributed by atoms with Crippen LogP contribution in [0.15, 0.2) is 115 Å². The van der Waals surface area contributed by atoms with E-state index < -0.39 is 0 Å². The third-order valence-corrected chi connectivity index (χ3v) is 5.39. The first-order valence-corrected chi connectivity index (χ1v) is 13.6. The van der Waals surface area contributed by atoms with Crippen LogP contribution in [0.25, 0.3) is 45.3 Å². The molecule has 34 heavy (non-hydrogen) atoms. The van der Waals surface area contributed by atoms with E-state index in [1.165, 1.54) is 0 Å². The molecule has 3 aromatic heterocycles. The van der Waals surface area contributed by atoms with E-state index in [4.69, 9.17) is 30.2 Å². The van der Waals surface area contributed by atoms with Gasteiger partial charge in [-0.1, -0.05) is 72.8 Å². The molecule has 0 aliphatic carbocycles. The van der Waals surface area contributed by atoms with Gasteiger partial charge in [0, 0.05) is 23.3 Å². The molecule has 5 aromatic rings. The number of pyridine rings is 3. The van der Waals surface area contributed by atoms with Crippen LogP contribution in [0, 0.1) is 0 Å². The van der Waals surface area contributed by atoms with Crippen LogP contribution in [0.5, 0.6) is 0 Å². The summed E-state index contributed by atoms with van der Waals surface area (Å²) < 4.78 is 2.16. The summed E-state index contributed by atoms with van der Waals surface area (Å²) in [5.41, 5.74) is 8.11. The van der Waals surface area contributed by atoms with Crippen LogP contribution in [0.4, 0.5) is 0 Å². The Labute approximate surface area is 214 Å². The molecule has 0 aliphatic rings. The fraction of sp³-hybridized carbons (Fsp3) is 0.0357. The van der Waals surface area contributed by atoms with Crippen molar-refractivity contribution in [2.75, 3.05) is 0 Å². The Morgan fingerprint density at radius 1 is 0.500 bits per heavy atom. The monoisotopic (exact) mass is 526 g/mol. The normalized spacial score (nSPS) is 10.4. The molecule has 5 rings (SSSR count). The Kier molecular flexibility index (Phi) is 8.46. The summed E-state index contributed by atoms with van der Waals surface area (Å²) in [5, 5.41) is 0. The van der Waals surface area contributed by atoms with Crippen molar-refractivity contribution >= 4 is 20.2 Å². The molecule has 0 amide bonds. The average molecular weight is 527 g/mol. The van der Waals surface area contributed by atoms with Gasteiger partial charge in [-0.3, -0.25) is 0 Å². The summed E-state index contributed by atoms with van der Waals surface area (Å²) in [7, 11) is 11.6. The zero-order valence-electron chi connectivity index (χ0n) is 18.4. The SMILES string of the molecule is C[n+]1c(-c2cccc(-c3ccccc3)n2)cccc1-c1cccc(-c2ccccc2)n1.[Cl][Fe][Cl]. The summed E-state index contributed by atoms with van der Waals surface area (Å²) in [5.74, 6) is 0. The van der Waals surface area contributed by atoms with Crippen LogP contribution in [-0.4, -0.2) is 9.97 Å². The van der Waals surface area contributed by atoms with E-state index in [0.717, 1.165) is 45.3 Å². The maximum absolute atomic E-state index is 4.93. The molecular formula is C28H22Cl2FeN3+. The van der Waals surface area contributed by atoms with Gasteiger partial charge in [0.2, 0.25) is 11.4 Å². The summed E-state index contributed by atoms with van der Waals surface area (Å²) in [6.07, 6.45) is 0. The molecule has 3 heterocycles. The minimum atomic E-state index is 0.194. The predicted octanol–water partition coefficient (Wildman–Crippen LogP) is 7.35. The Morgan fingerprint density at radius 3 is 1.26 bits per heavy atom. The number of aromatic nitrogens is 3. The number of benzene rings is 2. The van der Waals surface area contributed by atoms with Gasteiger partial charge in [0.25, 0.3) is 0 Å². The second kappa shape index (κ2) is 11.9. The van der Waals surface area contributed by atoms with Crippen molar-refractivity contribution in [2.24, 2.45) is 7.05 Å². The van der Waals surface area contributed by atoms with Gasteiger partial charge in [-0.25, -0.2) is 9.97 Å². The Bertz CT molecular complexity index is 1260. The van der Waals surface area contributed by atoms with E-state index in [2.05, 4.69) is 78.3 Å². The average Bonchev–Trinajstić information content (AvgIpc) is 2.90. The van der Waals surface area contributed by atoms with Crippen LogP contribution in [0.3, 0.4) is 0 Å². The van der Waals surface area contributed by atoms with Crippen molar-refractivity contribution in [1.29, 1.82) is 0 Å². The number of rotatable bonds is 4. The molecule has 0 fully saturated rings. The van der Waals surface area contributed by atoms with Crippen molar-refractivity contribution in [3.63, 3.8) is 0 Å². The molecule has 0 saturated heterocycles. The Hall–Kier alpha value is -3.01. The fourth-order valence-electron chi connectivity index (χ4n) is 3.79. The molecule has 0 radical (unpaired) electrons. The first-order valence-electron chi connectivity index (χ1n) is 10.6.